The van der Waals surface area contributed by atoms with Gasteiger partial charge in [-0.1, -0.05) is 35.9 Å². The first-order valence-corrected chi connectivity index (χ1v) is 8.78. The van der Waals surface area contributed by atoms with Crippen molar-refractivity contribution in [3.63, 3.8) is 0 Å². The Morgan fingerprint density at radius 2 is 1.73 bits per heavy atom. The fourth-order valence-electron chi connectivity index (χ4n) is 3.38. The summed E-state index contributed by atoms with van der Waals surface area (Å²) in [5, 5.41) is 3.33. The normalized spacial score (nSPS) is 17.2. The van der Waals surface area contributed by atoms with Crippen molar-refractivity contribution >= 4 is 17.5 Å². The van der Waals surface area contributed by atoms with Crippen LogP contribution in [0.25, 0.3) is 0 Å². The predicted molar refractivity (Wildman–Crippen MR) is 97.0 cm³/mol. The van der Waals surface area contributed by atoms with Crippen LogP contribution in [0.3, 0.4) is 0 Å². The largest absolute Gasteiger partial charge is 0.497 e. The Balaban J connectivity index is 1.65. The molecule has 0 unspecified atom stereocenters. The van der Waals surface area contributed by atoms with E-state index >= 15 is 0 Å². The van der Waals surface area contributed by atoms with Gasteiger partial charge in [-0.05, 0) is 41.8 Å². The van der Waals surface area contributed by atoms with Crippen LogP contribution in [0.5, 0.6) is 5.75 Å². The molecular weight excluding hydrogens is 360 g/mol. The molecule has 2 aromatic rings. The molecule has 0 radical (unpaired) electrons. The molecule has 1 amide bonds. The van der Waals surface area contributed by atoms with E-state index in [-0.39, 0.29) is 5.91 Å². The number of methoxy groups -OCH3 is 1. The summed E-state index contributed by atoms with van der Waals surface area (Å²) in [6, 6.07) is 14.1. The van der Waals surface area contributed by atoms with Gasteiger partial charge in [0.05, 0.1) is 12.5 Å². The Morgan fingerprint density at radius 1 is 1.12 bits per heavy atom. The number of carbonyl (C=O) groups excluding carboxylic acids is 1. The second-order valence-corrected chi connectivity index (χ2v) is 7.09. The van der Waals surface area contributed by atoms with E-state index in [0.717, 1.165) is 11.3 Å². The summed E-state index contributed by atoms with van der Waals surface area (Å²) < 4.78 is 32.3. The molecule has 1 aliphatic rings. The molecule has 1 fully saturated rings. The molecule has 2 aromatic carbocycles. The van der Waals surface area contributed by atoms with Crippen molar-refractivity contribution in [1.82, 2.24) is 5.32 Å². The molecule has 1 saturated carbocycles. The highest BCUT2D eigenvalue weighted by Crippen LogP contribution is 2.53. The van der Waals surface area contributed by atoms with E-state index in [1.165, 1.54) is 0 Å². The highest BCUT2D eigenvalue weighted by Gasteiger charge is 2.61. The molecule has 0 atom stereocenters. The molecule has 0 aromatic heterocycles. The van der Waals surface area contributed by atoms with E-state index in [2.05, 4.69) is 5.32 Å². The highest BCUT2D eigenvalue weighted by atomic mass is 35.5. The van der Waals surface area contributed by atoms with Crippen molar-refractivity contribution < 1.29 is 18.3 Å². The Labute approximate surface area is 156 Å². The fraction of sp³-hybridized carbons (Fsp3) is 0.350. The van der Waals surface area contributed by atoms with Gasteiger partial charge in [0, 0.05) is 24.4 Å². The van der Waals surface area contributed by atoms with Crippen LogP contribution in [0.4, 0.5) is 8.78 Å². The standard InChI is InChI=1S/C20H20ClF2NO2/c1-26-17-8-2-14(3-9-17)10-11-24-18(25)19(12-20(22,23)13-19)15-4-6-16(21)7-5-15/h2-9H,10-13H2,1H3,(H,24,25). The first kappa shape index (κ1) is 18.6. The fourth-order valence-corrected chi connectivity index (χ4v) is 3.50. The first-order valence-electron chi connectivity index (χ1n) is 8.40. The third kappa shape index (κ3) is 3.83. The third-order valence-electron chi connectivity index (χ3n) is 4.81. The van der Waals surface area contributed by atoms with Gasteiger partial charge in [0.15, 0.2) is 0 Å². The van der Waals surface area contributed by atoms with E-state index < -0.39 is 24.2 Å². The monoisotopic (exact) mass is 379 g/mol. The van der Waals surface area contributed by atoms with Gasteiger partial charge in [0.25, 0.3) is 5.92 Å². The second-order valence-electron chi connectivity index (χ2n) is 6.65. The van der Waals surface area contributed by atoms with Gasteiger partial charge in [0.1, 0.15) is 5.75 Å². The average Bonchev–Trinajstić information content (AvgIpc) is 2.60. The zero-order valence-electron chi connectivity index (χ0n) is 14.4. The topological polar surface area (TPSA) is 38.3 Å². The summed E-state index contributed by atoms with van der Waals surface area (Å²) in [6.45, 7) is 0.381. The molecule has 1 aliphatic carbocycles. The lowest BCUT2D eigenvalue weighted by molar-refractivity contribution is -0.158. The zero-order valence-corrected chi connectivity index (χ0v) is 15.2. The minimum absolute atomic E-state index is 0.362. The SMILES string of the molecule is COc1ccc(CCNC(=O)C2(c3ccc(Cl)cc3)CC(F)(F)C2)cc1. The van der Waals surface area contributed by atoms with Crippen LogP contribution in [0.2, 0.25) is 5.02 Å². The van der Waals surface area contributed by atoms with E-state index in [0.29, 0.717) is 23.6 Å². The molecule has 0 aliphatic heterocycles. The minimum Gasteiger partial charge on any atom is -0.497 e. The van der Waals surface area contributed by atoms with Crippen LogP contribution in [-0.2, 0) is 16.6 Å². The molecular formula is C20H20ClF2NO2. The number of ether oxygens (including phenoxy) is 1. The lowest BCUT2D eigenvalue weighted by Gasteiger charge is -2.46. The number of hydrogen-bond acceptors (Lipinski definition) is 2. The Morgan fingerprint density at radius 3 is 2.27 bits per heavy atom. The second kappa shape index (κ2) is 7.23. The van der Waals surface area contributed by atoms with Crippen molar-refractivity contribution in [3.05, 3.63) is 64.7 Å². The van der Waals surface area contributed by atoms with Crippen LogP contribution >= 0.6 is 11.6 Å². The van der Waals surface area contributed by atoms with Crippen molar-refractivity contribution in [2.75, 3.05) is 13.7 Å². The van der Waals surface area contributed by atoms with E-state index in [4.69, 9.17) is 16.3 Å². The van der Waals surface area contributed by atoms with E-state index in [1.807, 2.05) is 24.3 Å². The van der Waals surface area contributed by atoms with Crippen LogP contribution in [0.1, 0.15) is 24.0 Å². The highest BCUT2D eigenvalue weighted by molar-refractivity contribution is 6.30. The minimum atomic E-state index is -2.81. The molecule has 26 heavy (non-hydrogen) atoms. The van der Waals surface area contributed by atoms with Crippen molar-refractivity contribution in [3.8, 4) is 5.75 Å². The molecule has 6 heteroatoms. The molecule has 3 rings (SSSR count). The molecule has 1 N–H and O–H groups in total. The van der Waals surface area contributed by atoms with Crippen LogP contribution in [-0.4, -0.2) is 25.5 Å². The molecule has 0 spiro atoms. The quantitative estimate of drug-likeness (QED) is 0.809. The Hall–Kier alpha value is -2.14. The summed E-state index contributed by atoms with van der Waals surface area (Å²) in [5.41, 5.74) is 0.425. The number of amides is 1. The number of carbonyl (C=O) groups is 1. The van der Waals surface area contributed by atoms with Gasteiger partial charge in [-0.25, -0.2) is 8.78 Å². The van der Waals surface area contributed by atoms with Gasteiger partial charge >= 0.3 is 0 Å². The van der Waals surface area contributed by atoms with Crippen molar-refractivity contribution in [2.45, 2.75) is 30.6 Å². The summed E-state index contributed by atoms with van der Waals surface area (Å²) in [5.74, 6) is -2.41. The van der Waals surface area contributed by atoms with E-state index in [1.54, 1.807) is 31.4 Å². The van der Waals surface area contributed by atoms with E-state index in [9.17, 15) is 13.6 Å². The molecule has 138 valence electrons. The smallest absolute Gasteiger partial charge is 0.250 e. The Bertz CT molecular complexity index is 767. The van der Waals surface area contributed by atoms with Gasteiger partial charge in [-0.3, -0.25) is 4.79 Å². The van der Waals surface area contributed by atoms with Crippen LogP contribution in [0, 0.1) is 0 Å². The van der Waals surface area contributed by atoms with Gasteiger partial charge < -0.3 is 10.1 Å². The number of hydrogen-bond donors (Lipinski definition) is 1. The number of nitrogens with one attached hydrogen (secondary N) is 1. The van der Waals surface area contributed by atoms with Gasteiger partial charge in [0.2, 0.25) is 5.91 Å². The molecule has 0 bridgehead atoms. The lowest BCUT2D eigenvalue weighted by atomic mass is 9.61. The first-order chi connectivity index (χ1) is 12.3. The van der Waals surface area contributed by atoms with Gasteiger partial charge in [-0.15, -0.1) is 0 Å². The van der Waals surface area contributed by atoms with Gasteiger partial charge in [-0.2, -0.15) is 0 Å². The zero-order chi connectivity index (χ0) is 18.8. The maximum Gasteiger partial charge on any atom is 0.250 e. The number of halogens is 3. The van der Waals surface area contributed by atoms with Crippen LogP contribution in [0.15, 0.2) is 48.5 Å². The Kier molecular flexibility index (Phi) is 5.19. The predicted octanol–water partition coefficient (Wildman–Crippen LogP) is 4.37. The molecule has 0 saturated heterocycles. The molecule has 3 nitrogen and oxygen atoms in total. The van der Waals surface area contributed by atoms with Crippen LogP contribution < -0.4 is 10.1 Å². The summed E-state index contributed by atoms with van der Waals surface area (Å²) in [7, 11) is 1.60. The van der Waals surface area contributed by atoms with Crippen molar-refractivity contribution in [1.29, 1.82) is 0 Å². The maximum absolute atomic E-state index is 13.6. The summed E-state index contributed by atoms with van der Waals surface area (Å²) >= 11 is 5.87. The lowest BCUT2D eigenvalue weighted by Crippen LogP contribution is -2.58. The van der Waals surface area contributed by atoms with Crippen molar-refractivity contribution in [2.24, 2.45) is 0 Å². The number of alkyl halides is 2. The number of benzene rings is 2. The molecule has 0 heterocycles. The summed E-state index contributed by atoms with van der Waals surface area (Å²) in [4.78, 5) is 12.7. The maximum atomic E-state index is 13.6. The number of rotatable bonds is 6. The summed E-state index contributed by atoms with van der Waals surface area (Å²) in [6.07, 6.45) is -0.338. The average molecular weight is 380 g/mol. The third-order valence-corrected chi connectivity index (χ3v) is 5.06.